The van der Waals surface area contributed by atoms with Gasteiger partial charge in [0, 0.05) is 17.8 Å². The summed E-state index contributed by atoms with van der Waals surface area (Å²) < 4.78 is 0. The van der Waals surface area contributed by atoms with Gasteiger partial charge in [-0.05, 0) is 30.7 Å². The number of urea groups is 1. The second kappa shape index (κ2) is 16.9. The Bertz CT molecular complexity index is 558. The average Bonchev–Trinajstić information content (AvgIpc) is 2.71. The number of hydrogen-bond acceptors (Lipinski definition) is 3. The molecule has 0 aromatic heterocycles. The van der Waals surface area contributed by atoms with Crippen LogP contribution in [0.25, 0.3) is 0 Å². The molecule has 29 heavy (non-hydrogen) atoms. The first-order chi connectivity index (χ1) is 14.1. The molecule has 0 aliphatic heterocycles. The van der Waals surface area contributed by atoms with E-state index in [0.717, 1.165) is 18.7 Å². The fraction of sp³-hybridized carbons (Fsp3) is 0.667. The van der Waals surface area contributed by atoms with E-state index in [1.807, 2.05) is 12.1 Å². The van der Waals surface area contributed by atoms with E-state index in [2.05, 4.69) is 17.6 Å². The maximum absolute atomic E-state index is 11.6. The van der Waals surface area contributed by atoms with Crippen LogP contribution in [0.3, 0.4) is 0 Å². The monoisotopic (exact) mass is 403 g/mol. The normalized spacial score (nSPS) is 10.7. The summed E-state index contributed by atoms with van der Waals surface area (Å²) in [6, 6.07) is 6.23. The molecule has 0 heterocycles. The van der Waals surface area contributed by atoms with Gasteiger partial charge >= 0.3 is 6.03 Å². The van der Waals surface area contributed by atoms with E-state index in [9.17, 15) is 9.59 Å². The summed E-state index contributed by atoms with van der Waals surface area (Å²) in [6.45, 7) is 3.21. The number of amides is 3. The molecule has 0 aliphatic carbocycles. The summed E-state index contributed by atoms with van der Waals surface area (Å²) >= 11 is 0. The zero-order valence-corrected chi connectivity index (χ0v) is 18.3. The number of imide groups is 1. The van der Waals surface area contributed by atoms with Gasteiger partial charge in [0.2, 0.25) is 0 Å². The summed E-state index contributed by atoms with van der Waals surface area (Å²) in [7, 11) is 0. The number of carbonyl (C=O) groups is 2. The minimum atomic E-state index is -0.838. The third kappa shape index (κ3) is 13.7. The molecule has 0 atom stereocenters. The van der Waals surface area contributed by atoms with E-state index in [0.29, 0.717) is 5.56 Å². The van der Waals surface area contributed by atoms with E-state index in [1.54, 1.807) is 12.1 Å². The van der Waals surface area contributed by atoms with Gasteiger partial charge in [-0.15, -0.1) is 0 Å². The van der Waals surface area contributed by atoms with Gasteiger partial charge in [-0.1, -0.05) is 90.4 Å². The molecule has 1 rings (SSSR count). The molecule has 5 nitrogen and oxygen atoms in total. The maximum atomic E-state index is 11.6. The van der Waals surface area contributed by atoms with E-state index in [1.165, 1.54) is 83.5 Å². The van der Waals surface area contributed by atoms with Crippen LogP contribution in [-0.4, -0.2) is 18.5 Å². The molecule has 0 saturated carbocycles. The second-order valence-electron chi connectivity index (χ2n) is 7.92. The summed E-state index contributed by atoms with van der Waals surface area (Å²) in [5.74, 6) is -0.476. The third-order valence-corrected chi connectivity index (χ3v) is 5.24. The second-order valence-corrected chi connectivity index (χ2v) is 7.92. The minimum absolute atomic E-state index is 0.422. The molecule has 164 valence electrons. The Morgan fingerprint density at radius 1 is 0.724 bits per heavy atom. The number of carbonyl (C=O) groups excluding carboxylic acids is 2. The fourth-order valence-corrected chi connectivity index (χ4v) is 3.48. The molecule has 1 aromatic carbocycles. The van der Waals surface area contributed by atoms with E-state index >= 15 is 0 Å². The highest BCUT2D eigenvalue weighted by Gasteiger charge is 2.06. The van der Waals surface area contributed by atoms with Crippen LogP contribution >= 0.6 is 0 Å². The number of hydrogen-bond donors (Lipinski definition) is 3. The quantitative estimate of drug-likeness (QED) is 0.264. The molecule has 0 bridgehead atoms. The highest BCUT2D eigenvalue weighted by molar-refractivity contribution is 6.03. The topological polar surface area (TPSA) is 84.2 Å². The number of primary amides is 1. The van der Waals surface area contributed by atoms with Crippen molar-refractivity contribution in [3.63, 3.8) is 0 Å². The summed E-state index contributed by atoms with van der Waals surface area (Å²) in [4.78, 5) is 22.3. The first-order valence-corrected chi connectivity index (χ1v) is 11.6. The van der Waals surface area contributed by atoms with Gasteiger partial charge in [-0.3, -0.25) is 10.1 Å². The SMILES string of the molecule is CCCCCCCCCCCCCCCCNc1ccc(C(=O)NC(N)=O)cc1. The van der Waals surface area contributed by atoms with Gasteiger partial charge in [-0.25, -0.2) is 4.79 Å². The molecule has 0 saturated heterocycles. The van der Waals surface area contributed by atoms with Crippen molar-refractivity contribution in [1.29, 1.82) is 0 Å². The Morgan fingerprint density at radius 2 is 1.17 bits per heavy atom. The van der Waals surface area contributed by atoms with Gasteiger partial charge in [0.05, 0.1) is 0 Å². The van der Waals surface area contributed by atoms with E-state index in [4.69, 9.17) is 5.73 Å². The Hall–Kier alpha value is -2.04. The van der Waals surface area contributed by atoms with Crippen LogP contribution in [0.1, 0.15) is 107 Å². The lowest BCUT2D eigenvalue weighted by Gasteiger charge is -2.07. The number of rotatable bonds is 17. The van der Waals surface area contributed by atoms with Gasteiger partial charge in [0.1, 0.15) is 0 Å². The van der Waals surface area contributed by atoms with E-state index < -0.39 is 11.9 Å². The third-order valence-electron chi connectivity index (χ3n) is 5.24. The van der Waals surface area contributed by atoms with Gasteiger partial charge in [0.15, 0.2) is 0 Å². The number of benzene rings is 1. The number of nitrogens with one attached hydrogen (secondary N) is 2. The zero-order valence-electron chi connectivity index (χ0n) is 18.3. The fourth-order valence-electron chi connectivity index (χ4n) is 3.48. The van der Waals surface area contributed by atoms with E-state index in [-0.39, 0.29) is 0 Å². The molecule has 3 amide bonds. The summed E-state index contributed by atoms with van der Waals surface area (Å²) in [6.07, 6.45) is 19.1. The largest absolute Gasteiger partial charge is 0.385 e. The molecule has 0 spiro atoms. The van der Waals surface area contributed by atoms with Crippen molar-refractivity contribution in [3.8, 4) is 0 Å². The average molecular weight is 404 g/mol. The molecule has 1 aromatic rings. The van der Waals surface area contributed by atoms with Crippen molar-refractivity contribution in [2.45, 2.75) is 96.8 Å². The molecular weight excluding hydrogens is 362 g/mol. The lowest BCUT2D eigenvalue weighted by Crippen LogP contribution is -2.34. The first kappa shape index (κ1) is 25.0. The summed E-state index contributed by atoms with van der Waals surface area (Å²) in [5.41, 5.74) is 6.35. The lowest BCUT2D eigenvalue weighted by atomic mass is 10.0. The molecule has 0 fully saturated rings. The molecular formula is C24H41N3O2. The van der Waals surface area contributed by atoms with Gasteiger partial charge in [0.25, 0.3) is 5.91 Å². The molecule has 5 heteroatoms. The Kier molecular flexibility index (Phi) is 14.5. The highest BCUT2D eigenvalue weighted by atomic mass is 16.2. The first-order valence-electron chi connectivity index (χ1n) is 11.6. The van der Waals surface area contributed by atoms with Crippen molar-refractivity contribution in [1.82, 2.24) is 5.32 Å². The van der Waals surface area contributed by atoms with Crippen LogP contribution in [0.2, 0.25) is 0 Å². The predicted molar refractivity (Wildman–Crippen MR) is 122 cm³/mol. The van der Waals surface area contributed by atoms with Gasteiger partial charge in [-0.2, -0.15) is 0 Å². The minimum Gasteiger partial charge on any atom is -0.385 e. The smallest absolute Gasteiger partial charge is 0.319 e. The van der Waals surface area contributed by atoms with Crippen molar-refractivity contribution < 1.29 is 9.59 Å². The summed E-state index contributed by atoms with van der Waals surface area (Å²) in [5, 5.41) is 5.43. The Labute approximate surface area is 177 Å². The predicted octanol–water partition coefficient (Wildman–Crippen LogP) is 6.39. The van der Waals surface area contributed by atoms with Crippen molar-refractivity contribution in [3.05, 3.63) is 29.8 Å². The molecule has 0 unspecified atom stereocenters. The standard InChI is InChI=1S/C24H41N3O2/c1-2-3-4-5-6-7-8-9-10-11-12-13-14-15-20-26-22-18-16-21(17-19-22)23(28)27-24(25)29/h16-19,26H,2-15,20H2,1H3,(H3,25,27,28,29). The zero-order chi connectivity index (χ0) is 21.2. The maximum Gasteiger partial charge on any atom is 0.319 e. The lowest BCUT2D eigenvalue weighted by molar-refractivity contribution is 0.0966. The Morgan fingerprint density at radius 3 is 1.62 bits per heavy atom. The van der Waals surface area contributed by atoms with Crippen LogP contribution in [0.5, 0.6) is 0 Å². The Balaban J connectivity index is 1.92. The highest BCUT2D eigenvalue weighted by Crippen LogP contribution is 2.13. The van der Waals surface area contributed by atoms with Crippen molar-refractivity contribution in [2.75, 3.05) is 11.9 Å². The van der Waals surface area contributed by atoms with Crippen molar-refractivity contribution >= 4 is 17.6 Å². The van der Waals surface area contributed by atoms with Crippen LogP contribution < -0.4 is 16.4 Å². The number of unbranched alkanes of at least 4 members (excludes halogenated alkanes) is 13. The van der Waals surface area contributed by atoms with Crippen molar-refractivity contribution in [2.24, 2.45) is 5.73 Å². The number of anilines is 1. The molecule has 0 radical (unpaired) electrons. The molecule has 4 N–H and O–H groups in total. The molecule has 0 aliphatic rings. The van der Waals surface area contributed by atoms with Crippen LogP contribution in [0, 0.1) is 0 Å². The van der Waals surface area contributed by atoms with Crippen LogP contribution in [0.15, 0.2) is 24.3 Å². The van der Waals surface area contributed by atoms with Crippen LogP contribution in [-0.2, 0) is 0 Å². The van der Waals surface area contributed by atoms with Crippen LogP contribution in [0.4, 0.5) is 10.5 Å². The van der Waals surface area contributed by atoms with Gasteiger partial charge < -0.3 is 11.1 Å². The number of nitrogens with two attached hydrogens (primary N) is 1.